The molecule has 0 saturated heterocycles. The maximum Gasteiger partial charge on any atom is 0.174 e. The van der Waals surface area contributed by atoms with E-state index in [9.17, 15) is 4.39 Å². The van der Waals surface area contributed by atoms with Gasteiger partial charge >= 0.3 is 0 Å². The Morgan fingerprint density at radius 2 is 2.00 bits per heavy atom. The number of benzene rings is 1. The summed E-state index contributed by atoms with van der Waals surface area (Å²) in [6.45, 7) is 0. The van der Waals surface area contributed by atoms with E-state index < -0.39 is 0 Å². The van der Waals surface area contributed by atoms with Crippen LogP contribution in [0.4, 0.5) is 10.1 Å². The van der Waals surface area contributed by atoms with Gasteiger partial charge in [0, 0.05) is 5.56 Å². The highest BCUT2D eigenvalue weighted by Crippen LogP contribution is 2.22. The van der Waals surface area contributed by atoms with Gasteiger partial charge in [-0.15, -0.1) is 10.2 Å². The number of nitrogens with two attached hydrogens (primary N) is 1. The van der Waals surface area contributed by atoms with E-state index in [1.807, 2.05) is 0 Å². The van der Waals surface area contributed by atoms with Crippen molar-refractivity contribution in [2.75, 3.05) is 5.73 Å². The van der Waals surface area contributed by atoms with Gasteiger partial charge in [-0.05, 0) is 18.2 Å². The van der Waals surface area contributed by atoms with Crippen LogP contribution in [0.25, 0.3) is 11.3 Å². The summed E-state index contributed by atoms with van der Waals surface area (Å²) in [6.07, 6.45) is 0. The van der Waals surface area contributed by atoms with Crippen molar-refractivity contribution in [3.05, 3.63) is 41.3 Å². The molecule has 0 saturated carbocycles. The first-order valence-electron chi connectivity index (χ1n) is 4.21. The maximum atomic E-state index is 12.9. The second-order valence-electron chi connectivity index (χ2n) is 2.99. The van der Waals surface area contributed by atoms with Crippen LogP contribution < -0.4 is 5.73 Å². The van der Waals surface area contributed by atoms with Crippen LogP contribution in [0.15, 0.2) is 30.3 Å². The second kappa shape index (κ2) is 3.82. The molecule has 76 valence electrons. The van der Waals surface area contributed by atoms with Crippen LogP contribution in [0.3, 0.4) is 0 Å². The summed E-state index contributed by atoms with van der Waals surface area (Å²) in [5.41, 5.74) is 7.01. The first-order chi connectivity index (χ1) is 7.16. The molecule has 1 heterocycles. The molecular formula is C10H7ClFN3. The third-order valence-corrected chi connectivity index (χ3v) is 2.19. The Balaban J connectivity index is 2.50. The highest BCUT2D eigenvalue weighted by atomic mass is 35.5. The van der Waals surface area contributed by atoms with Crippen LogP contribution in [-0.2, 0) is 0 Å². The third-order valence-electron chi connectivity index (χ3n) is 1.90. The predicted molar refractivity (Wildman–Crippen MR) is 56.8 cm³/mol. The van der Waals surface area contributed by atoms with Crippen LogP contribution in [0.2, 0.25) is 5.15 Å². The lowest BCUT2D eigenvalue weighted by Gasteiger charge is -2.01. The van der Waals surface area contributed by atoms with E-state index in [0.717, 1.165) is 0 Å². The van der Waals surface area contributed by atoms with Crippen LogP contribution in [0.5, 0.6) is 0 Å². The van der Waals surface area contributed by atoms with Gasteiger partial charge in [-0.1, -0.05) is 23.7 Å². The van der Waals surface area contributed by atoms with E-state index in [0.29, 0.717) is 16.9 Å². The SMILES string of the molecule is Nc1cc(-c2cccc(F)c2)nnc1Cl. The number of halogens is 2. The van der Waals surface area contributed by atoms with Gasteiger partial charge in [0.2, 0.25) is 0 Å². The van der Waals surface area contributed by atoms with Gasteiger partial charge in [0.15, 0.2) is 5.15 Å². The predicted octanol–water partition coefficient (Wildman–Crippen LogP) is 2.52. The minimum absolute atomic E-state index is 0.148. The lowest BCUT2D eigenvalue weighted by Crippen LogP contribution is -1.94. The van der Waals surface area contributed by atoms with Crippen LogP contribution >= 0.6 is 11.6 Å². The first kappa shape index (κ1) is 9.86. The zero-order valence-electron chi connectivity index (χ0n) is 7.61. The number of anilines is 1. The number of hydrogen-bond acceptors (Lipinski definition) is 3. The number of nitrogen functional groups attached to an aromatic ring is 1. The van der Waals surface area contributed by atoms with E-state index in [4.69, 9.17) is 17.3 Å². The molecule has 0 spiro atoms. The highest BCUT2D eigenvalue weighted by molar-refractivity contribution is 6.31. The molecule has 0 unspecified atom stereocenters. The van der Waals surface area contributed by atoms with E-state index in [1.165, 1.54) is 12.1 Å². The molecule has 15 heavy (non-hydrogen) atoms. The Bertz CT molecular complexity index is 502. The minimum atomic E-state index is -0.331. The molecule has 2 aromatic rings. The van der Waals surface area contributed by atoms with Crippen LogP contribution in [0.1, 0.15) is 0 Å². The molecule has 1 aromatic carbocycles. The van der Waals surface area contributed by atoms with E-state index in [1.54, 1.807) is 18.2 Å². The molecule has 3 nitrogen and oxygen atoms in total. The largest absolute Gasteiger partial charge is 0.396 e. The highest BCUT2D eigenvalue weighted by Gasteiger charge is 2.04. The molecule has 0 fully saturated rings. The van der Waals surface area contributed by atoms with Gasteiger partial charge in [-0.25, -0.2) is 4.39 Å². The summed E-state index contributed by atoms with van der Waals surface area (Å²) >= 11 is 5.63. The van der Waals surface area contributed by atoms with Crippen molar-refractivity contribution in [3.63, 3.8) is 0 Å². The molecule has 0 aliphatic carbocycles. The number of aromatic nitrogens is 2. The molecule has 2 N–H and O–H groups in total. The summed E-state index contributed by atoms with van der Waals surface area (Å²) in [7, 11) is 0. The second-order valence-corrected chi connectivity index (χ2v) is 3.34. The molecule has 0 bridgehead atoms. The molecule has 0 amide bonds. The molecule has 1 aromatic heterocycles. The Morgan fingerprint density at radius 3 is 2.67 bits per heavy atom. The maximum absolute atomic E-state index is 12.9. The Hall–Kier alpha value is -1.68. The van der Waals surface area contributed by atoms with Crippen LogP contribution in [0, 0.1) is 5.82 Å². The van der Waals surface area contributed by atoms with Crippen molar-refractivity contribution < 1.29 is 4.39 Å². The quantitative estimate of drug-likeness (QED) is 0.808. The van der Waals surface area contributed by atoms with Crippen molar-refractivity contribution in [1.82, 2.24) is 10.2 Å². The average Bonchev–Trinajstić information content (AvgIpc) is 2.22. The average molecular weight is 224 g/mol. The molecule has 0 radical (unpaired) electrons. The summed E-state index contributed by atoms with van der Waals surface area (Å²) in [4.78, 5) is 0. The van der Waals surface area contributed by atoms with Gasteiger partial charge in [0.1, 0.15) is 5.82 Å². The topological polar surface area (TPSA) is 51.8 Å². The monoisotopic (exact) mass is 223 g/mol. The van der Waals surface area contributed by atoms with Gasteiger partial charge in [-0.2, -0.15) is 0 Å². The Labute approximate surface area is 90.7 Å². The van der Waals surface area contributed by atoms with Crippen molar-refractivity contribution in [2.45, 2.75) is 0 Å². The third kappa shape index (κ3) is 2.05. The molecule has 0 aliphatic heterocycles. The minimum Gasteiger partial charge on any atom is -0.396 e. The Morgan fingerprint density at radius 1 is 1.20 bits per heavy atom. The lowest BCUT2D eigenvalue weighted by atomic mass is 10.1. The van der Waals surface area contributed by atoms with Gasteiger partial charge in [0.25, 0.3) is 0 Å². The molecular weight excluding hydrogens is 217 g/mol. The zero-order valence-corrected chi connectivity index (χ0v) is 8.37. The van der Waals surface area contributed by atoms with E-state index in [-0.39, 0.29) is 11.0 Å². The molecule has 5 heteroatoms. The fourth-order valence-corrected chi connectivity index (χ4v) is 1.27. The van der Waals surface area contributed by atoms with E-state index >= 15 is 0 Å². The molecule has 0 aliphatic rings. The number of rotatable bonds is 1. The van der Waals surface area contributed by atoms with Gasteiger partial charge in [-0.3, -0.25) is 0 Å². The van der Waals surface area contributed by atoms with Crippen molar-refractivity contribution in [2.24, 2.45) is 0 Å². The van der Waals surface area contributed by atoms with E-state index in [2.05, 4.69) is 10.2 Å². The molecule has 2 rings (SSSR count). The Kier molecular flexibility index (Phi) is 2.51. The smallest absolute Gasteiger partial charge is 0.174 e. The zero-order chi connectivity index (χ0) is 10.8. The number of nitrogens with zero attached hydrogens (tertiary/aromatic N) is 2. The van der Waals surface area contributed by atoms with Gasteiger partial charge in [0.05, 0.1) is 11.4 Å². The number of hydrogen-bond donors (Lipinski definition) is 1. The van der Waals surface area contributed by atoms with Crippen LogP contribution in [-0.4, -0.2) is 10.2 Å². The normalized spacial score (nSPS) is 10.3. The first-order valence-corrected chi connectivity index (χ1v) is 4.59. The van der Waals surface area contributed by atoms with Crippen molar-refractivity contribution in [1.29, 1.82) is 0 Å². The summed E-state index contributed by atoms with van der Waals surface area (Å²) in [5.74, 6) is -0.331. The molecule has 0 atom stereocenters. The summed E-state index contributed by atoms with van der Waals surface area (Å²) in [5, 5.41) is 7.62. The van der Waals surface area contributed by atoms with Gasteiger partial charge < -0.3 is 5.73 Å². The lowest BCUT2D eigenvalue weighted by molar-refractivity contribution is 0.628. The van der Waals surface area contributed by atoms with Crippen molar-refractivity contribution >= 4 is 17.3 Å². The van der Waals surface area contributed by atoms with Crippen molar-refractivity contribution in [3.8, 4) is 11.3 Å². The summed E-state index contributed by atoms with van der Waals surface area (Å²) < 4.78 is 12.9. The summed E-state index contributed by atoms with van der Waals surface area (Å²) in [6, 6.07) is 7.59. The standard InChI is InChI=1S/C10H7ClFN3/c11-10-8(13)5-9(14-15-10)6-2-1-3-7(12)4-6/h1-5H,(H2,13,14). The fraction of sp³-hybridized carbons (Fsp3) is 0. The fourth-order valence-electron chi connectivity index (χ4n) is 1.18.